The molecule has 0 bridgehead atoms. The maximum atomic E-state index is 13.1. The fraction of sp³-hybridized carbons (Fsp3) is 0.304. The van der Waals surface area contributed by atoms with Crippen LogP contribution in [-0.2, 0) is 0 Å². The molecule has 0 radical (unpaired) electrons. The average Bonchev–Trinajstić information content (AvgIpc) is 3.52. The lowest BCUT2D eigenvalue weighted by Gasteiger charge is -2.24. The molecular weight excluding hydrogens is 334 g/mol. The maximum Gasteiger partial charge on any atom is 0.252 e. The summed E-state index contributed by atoms with van der Waals surface area (Å²) in [4.78, 5) is 20.0. The van der Waals surface area contributed by atoms with Gasteiger partial charge < -0.3 is 10.2 Å². The summed E-state index contributed by atoms with van der Waals surface area (Å²) < 4.78 is 0. The number of hydrogen-bond donors (Lipinski definition) is 1. The number of pyridine rings is 1. The van der Waals surface area contributed by atoms with Crippen LogP contribution in [0.25, 0.3) is 22.2 Å². The van der Waals surface area contributed by atoms with Gasteiger partial charge >= 0.3 is 0 Å². The molecule has 1 aliphatic rings. The summed E-state index contributed by atoms with van der Waals surface area (Å²) in [5.74, 6) is 0.674. The van der Waals surface area contributed by atoms with Crippen LogP contribution in [0.1, 0.15) is 23.2 Å². The number of rotatable bonds is 6. The highest BCUT2D eigenvalue weighted by atomic mass is 16.1. The summed E-state index contributed by atoms with van der Waals surface area (Å²) >= 11 is 0. The van der Waals surface area contributed by atoms with E-state index in [0.717, 1.165) is 22.2 Å². The SMILES string of the molecule is CN(C)[C@@H](CNC(=O)c1cc(-c2ccccc2)nc2ccccc12)C1CC1. The number of nitrogens with one attached hydrogen (secondary N) is 1. The first kappa shape index (κ1) is 17.7. The number of carbonyl (C=O) groups is 1. The fourth-order valence-electron chi connectivity index (χ4n) is 3.66. The van der Waals surface area contributed by atoms with Crippen LogP contribution in [0.4, 0.5) is 0 Å². The van der Waals surface area contributed by atoms with Crippen LogP contribution in [0, 0.1) is 5.92 Å². The Balaban J connectivity index is 1.66. The zero-order valence-electron chi connectivity index (χ0n) is 15.9. The predicted octanol–water partition coefficient (Wildman–Crippen LogP) is 3.97. The molecule has 138 valence electrons. The molecule has 4 nitrogen and oxygen atoms in total. The van der Waals surface area contributed by atoms with Gasteiger partial charge in [0.2, 0.25) is 0 Å². The van der Waals surface area contributed by atoms with E-state index in [2.05, 4.69) is 24.3 Å². The zero-order chi connectivity index (χ0) is 18.8. The summed E-state index contributed by atoms with van der Waals surface area (Å²) in [6, 6.07) is 20.2. The second-order valence-electron chi connectivity index (χ2n) is 7.52. The van der Waals surface area contributed by atoms with Crippen molar-refractivity contribution >= 4 is 16.8 Å². The van der Waals surface area contributed by atoms with E-state index < -0.39 is 0 Å². The van der Waals surface area contributed by atoms with Gasteiger partial charge in [-0.2, -0.15) is 0 Å². The minimum atomic E-state index is -0.0294. The monoisotopic (exact) mass is 359 g/mol. The van der Waals surface area contributed by atoms with Crippen LogP contribution >= 0.6 is 0 Å². The third kappa shape index (κ3) is 3.86. The number of likely N-dealkylation sites (N-methyl/N-ethyl adjacent to an activating group) is 1. The molecule has 4 rings (SSSR count). The molecule has 1 saturated carbocycles. The van der Waals surface area contributed by atoms with Crippen LogP contribution in [0.15, 0.2) is 60.7 Å². The van der Waals surface area contributed by atoms with Crippen LogP contribution < -0.4 is 5.32 Å². The number of para-hydroxylation sites is 1. The van der Waals surface area contributed by atoms with Crippen molar-refractivity contribution in [3.8, 4) is 11.3 Å². The minimum absolute atomic E-state index is 0.0294. The molecule has 1 heterocycles. The van der Waals surface area contributed by atoms with E-state index in [-0.39, 0.29) is 5.91 Å². The van der Waals surface area contributed by atoms with Crippen LogP contribution in [0.3, 0.4) is 0 Å². The first-order valence-electron chi connectivity index (χ1n) is 9.53. The summed E-state index contributed by atoms with van der Waals surface area (Å²) in [7, 11) is 4.18. The zero-order valence-corrected chi connectivity index (χ0v) is 15.9. The lowest BCUT2D eigenvalue weighted by Crippen LogP contribution is -2.41. The first-order chi connectivity index (χ1) is 13.1. The molecule has 2 aromatic carbocycles. The van der Waals surface area contributed by atoms with Crippen molar-refractivity contribution in [3.63, 3.8) is 0 Å². The number of nitrogens with zero attached hydrogens (tertiary/aromatic N) is 2. The lowest BCUT2D eigenvalue weighted by molar-refractivity contribution is 0.0940. The number of aromatic nitrogens is 1. The highest BCUT2D eigenvalue weighted by Crippen LogP contribution is 2.34. The smallest absolute Gasteiger partial charge is 0.252 e. The van der Waals surface area contributed by atoms with Gasteiger partial charge in [-0.3, -0.25) is 4.79 Å². The fourth-order valence-corrected chi connectivity index (χ4v) is 3.66. The van der Waals surface area contributed by atoms with Gasteiger partial charge in [0, 0.05) is 23.5 Å². The van der Waals surface area contributed by atoms with Gasteiger partial charge in [0.15, 0.2) is 0 Å². The molecule has 1 amide bonds. The number of hydrogen-bond acceptors (Lipinski definition) is 3. The molecule has 1 atom stereocenters. The van der Waals surface area contributed by atoms with E-state index in [1.165, 1.54) is 12.8 Å². The Labute approximate surface area is 160 Å². The standard InChI is InChI=1S/C23H25N3O/c1-26(2)22(17-12-13-17)15-24-23(27)19-14-21(16-8-4-3-5-9-16)25-20-11-7-6-10-18(19)20/h3-11,14,17,22H,12-13,15H2,1-2H3,(H,24,27)/t22-/m0/s1. The van der Waals surface area contributed by atoms with E-state index >= 15 is 0 Å². The molecule has 27 heavy (non-hydrogen) atoms. The third-order valence-corrected chi connectivity index (χ3v) is 5.33. The van der Waals surface area contributed by atoms with Gasteiger partial charge in [-0.25, -0.2) is 4.98 Å². The largest absolute Gasteiger partial charge is 0.350 e. The number of benzene rings is 2. The first-order valence-corrected chi connectivity index (χ1v) is 9.53. The third-order valence-electron chi connectivity index (χ3n) is 5.33. The Bertz CT molecular complexity index is 946. The van der Waals surface area contributed by atoms with Crippen molar-refractivity contribution in [3.05, 3.63) is 66.2 Å². The van der Waals surface area contributed by atoms with E-state index in [0.29, 0.717) is 24.1 Å². The van der Waals surface area contributed by atoms with Crippen molar-refractivity contribution in [2.45, 2.75) is 18.9 Å². The van der Waals surface area contributed by atoms with E-state index in [1.54, 1.807) is 0 Å². The van der Waals surface area contributed by atoms with Crippen LogP contribution in [0.5, 0.6) is 0 Å². The van der Waals surface area contributed by atoms with E-state index in [9.17, 15) is 4.79 Å². The van der Waals surface area contributed by atoms with Gasteiger partial charge in [-0.1, -0.05) is 48.5 Å². The normalized spacial score (nSPS) is 15.1. The predicted molar refractivity (Wildman–Crippen MR) is 110 cm³/mol. The van der Waals surface area contributed by atoms with Crippen molar-refractivity contribution in [1.29, 1.82) is 0 Å². The highest BCUT2D eigenvalue weighted by molar-refractivity contribution is 6.07. The van der Waals surface area contributed by atoms with Gasteiger partial charge in [0.1, 0.15) is 0 Å². The minimum Gasteiger partial charge on any atom is -0.350 e. The molecule has 1 fully saturated rings. The Hall–Kier alpha value is -2.72. The Kier molecular flexibility index (Phi) is 4.90. The molecule has 1 N–H and O–H groups in total. The van der Waals surface area contributed by atoms with Gasteiger partial charge in [0.25, 0.3) is 5.91 Å². The Morgan fingerprint density at radius 1 is 1.11 bits per heavy atom. The highest BCUT2D eigenvalue weighted by Gasteiger charge is 2.32. The maximum absolute atomic E-state index is 13.1. The Morgan fingerprint density at radius 3 is 2.52 bits per heavy atom. The lowest BCUT2D eigenvalue weighted by atomic mass is 10.0. The summed E-state index contributed by atoms with van der Waals surface area (Å²) in [6.45, 7) is 0.674. The number of fused-ring (bicyclic) bond motifs is 1. The summed E-state index contributed by atoms with van der Waals surface area (Å²) in [6.07, 6.45) is 2.52. The molecule has 0 unspecified atom stereocenters. The van der Waals surface area contributed by atoms with E-state index in [4.69, 9.17) is 4.98 Å². The second kappa shape index (κ2) is 7.49. The second-order valence-corrected chi connectivity index (χ2v) is 7.52. The van der Waals surface area contributed by atoms with Crippen molar-refractivity contribution < 1.29 is 4.79 Å². The molecule has 3 aromatic rings. The van der Waals surface area contributed by atoms with Crippen LogP contribution in [-0.4, -0.2) is 42.5 Å². The topological polar surface area (TPSA) is 45.2 Å². The Morgan fingerprint density at radius 2 is 1.81 bits per heavy atom. The molecule has 1 aromatic heterocycles. The molecule has 4 heteroatoms. The van der Waals surface area contributed by atoms with Gasteiger partial charge in [-0.15, -0.1) is 0 Å². The molecule has 0 saturated heterocycles. The van der Waals surface area contributed by atoms with Crippen molar-refractivity contribution in [2.75, 3.05) is 20.6 Å². The number of amides is 1. The quantitative estimate of drug-likeness (QED) is 0.724. The molecule has 1 aliphatic carbocycles. The van der Waals surface area contributed by atoms with E-state index in [1.807, 2.05) is 60.7 Å². The average molecular weight is 359 g/mol. The molecule has 0 spiro atoms. The molecular formula is C23H25N3O. The number of carbonyl (C=O) groups excluding carboxylic acids is 1. The summed E-state index contributed by atoms with van der Waals surface area (Å²) in [5.41, 5.74) is 3.37. The van der Waals surface area contributed by atoms with Crippen molar-refractivity contribution in [1.82, 2.24) is 15.2 Å². The molecule has 0 aliphatic heterocycles. The summed E-state index contributed by atoms with van der Waals surface area (Å²) in [5, 5.41) is 4.06. The van der Waals surface area contributed by atoms with Crippen LogP contribution in [0.2, 0.25) is 0 Å². The van der Waals surface area contributed by atoms with Gasteiger partial charge in [0.05, 0.1) is 16.8 Å². The van der Waals surface area contributed by atoms with Crippen molar-refractivity contribution in [2.24, 2.45) is 5.92 Å². The van der Waals surface area contributed by atoms with Gasteiger partial charge in [-0.05, 0) is 45.0 Å².